The molecule has 0 radical (unpaired) electrons. The van der Waals surface area contributed by atoms with E-state index in [0.717, 1.165) is 28.2 Å². The van der Waals surface area contributed by atoms with Crippen molar-refractivity contribution in [3.05, 3.63) is 412 Å². The number of rotatable bonds is 11. The third-order valence-electron chi connectivity index (χ3n) is 21.7. The number of hydrogen-bond acceptors (Lipinski definition) is 1. The highest BCUT2D eigenvalue weighted by Gasteiger charge is 2.20. The fraction of sp³-hybridized carbons (Fsp3) is 0. The monoisotopic (exact) mass is 1370 g/mol. The Kier molecular flexibility index (Phi) is 15.6. The van der Waals surface area contributed by atoms with E-state index in [9.17, 15) is 5.26 Å². The third-order valence-corrected chi connectivity index (χ3v) is 21.7. The molecule has 0 spiro atoms. The van der Waals surface area contributed by atoms with E-state index in [2.05, 4.69) is 407 Å². The van der Waals surface area contributed by atoms with Gasteiger partial charge in [-0.1, -0.05) is 273 Å². The second-order valence-electron chi connectivity index (χ2n) is 27.9. The first-order chi connectivity index (χ1) is 53.5. The molecule has 4 aromatic heterocycles. The molecule has 4 heterocycles. The summed E-state index contributed by atoms with van der Waals surface area (Å²) in [6.45, 7) is 0. The fourth-order valence-corrected chi connectivity index (χ4v) is 16.4. The number of para-hydroxylation sites is 5. The highest BCUT2D eigenvalue weighted by molar-refractivity contribution is 6.14. The maximum absolute atomic E-state index is 9.18. The van der Waals surface area contributed by atoms with Crippen molar-refractivity contribution >= 4 is 87.2 Å². The minimum atomic E-state index is 0.669. The van der Waals surface area contributed by atoms with E-state index in [-0.39, 0.29) is 0 Å². The molecule has 0 saturated carbocycles. The molecule has 0 aliphatic carbocycles. The second kappa shape index (κ2) is 26.6. The van der Waals surface area contributed by atoms with E-state index in [4.69, 9.17) is 0 Å². The molecule has 0 bridgehead atoms. The smallest absolute Gasteiger partial charge is 0.0991 e. The topological polar surface area (TPSA) is 43.5 Å². The van der Waals surface area contributed by atoms with E-state index in [0.29, 0.717) is 5.56 Å². The Hall–Kier alpha value is -14.6. The van der Waals surface area contributed by atoms with Crippen LogP contribution in [0.15, 0.2) is 406 Å². The van der Waals surface area contributed by atoms with Gasteiger partial charge in [-0.2, -0.15) is 5.26 Å². The van der Waals surface area contributed by atoms with Crippen LogP contribution in [0.25, 0.3) is 188 Å². The summed E-state index contributed by atoms with van der Waals surface area (Å²) in [5, 5.41) is 19.2. The number of nitriles is 1. The molecule has 0 fully saturated rings. The summed E-state index contributed by atoms with van der Waals surface area (Å²) in [4.78, 5) is 0. The van der Waals surface area contributed by atoms with E-state index < -0.39 is 0 Å². The van der Waals surface area contributed by atoms with Crippen LogP contribution in [0.4, 0.5) is 0 Å². The van der Waals surface area contributed by atoms with E-state index >= 15 is 0 Å². The van der Waals surface area contributed by atoms with Gasteiger partial charge in [0.05, 0.1) is 55.8 Å². The van der Waals surface area contributed by atoms with Crippen molar-refractivity contribution in [2.45, 2.75) is 0 Å². The van der Waals surface area contributed by atoms with Crippen molar-refractivity contribution in [1.82, 2.24) is 18.3 Å². The van der Waals surface area contributed by atoms with Crippen molar-refractivity contribution in [3.8, 4) is 107 Å². The standard InChI is InChI=1S/C54H36N2.C49H31N3/c1-3-12-37(13-4-1)39-26-30-45(31-27-39)55-51-20-9-7-18-47(51)49-35-43(28-32-53(49)55)40-22-24-41(25-23-40)44-29-33-54-50(36-44)48-19-8-10-21-52(48)56(54)46-17-11-16-42(34-46)38-14-5-2-6-15-38;50-32-33-14-16-34(17-15-33)35-22-26-41(27-23-35)52-47-13-7-5-11-43(47)45-31-39(25-29-49(45)52)37-20-18-36(19-21-37)38-24-28-48-44(30-38)42-10-4-6-12-46(42)51(48)40-8-2-1-3-9-40/h1-36H;1-31H. The lowest BCUT2D eigenvalue weighted by Crippen LogP contribution is -1.94. The molecule has 0 aliphatic heterocycles. The Balaban J connectivity index is 0.000000143. The highest BCUT2D eigenvalue weighted by Crippen LogP contribution is 2.42. The van der Waals surface area contributed by atoms with Gasteiger partial charge in [0.15, 0.2) is 0 Å². The lowest BCUT2D eigenvalue weighted by Gasteiger charge is -2.11. The van der Waals surface area contributed by atoms with Crippen LogP contribution in [0.2, 0.25) is 0 Å². The summed E-state index contributed by atoms with van der Waals surface area (Å²) >= 11 is 0. The maximum atomic E-state index is 9.18. The molecule has 0 unspecified atom stereocenters. The van der Waals surface area contributed by atoms with Gasteiger partial charge in [-0.3, -0.25) is 0 Å². The second-order valence-corrected chi connectivity index (χ2v) is 27.9. The molecule has 504 valence electrons. The van der Waals surface area contributed by atoms with Crippen molar-refractivity contribution in [2.24, 2.45) is 0 Å². The summed E-state index contributed by atoms with van der Waals surface area (Å²) < 4.78 is 9.50. The van der Waals surface area contributed by atoms with E-state index in [1.807, 2.05) is 24.3 Å². The van der Waals surface area contributed by atoms with Gasteiger partial charge in [-0.15, -0.1) is 0 Å². The molecule has 108 heavy (non-hydrogen) atoms. The van der Waals surface area contributed by atoms with Crippen LogP contribution < -0.4 is 0 Å². The summed E-state index contributed by atoms with van der Waals surface area (Å²) in [6, 6.07) is 149. The Morgan fingerprint density at radius 1 is 0.148 bits per heavy atom. The van der Waals surface area contributed by atoms with Crippen LogP contribution in [0.3, 0.4) is 0 Å². The average Bonchev–Trinajstić information content (AvgIpc) is 1.60. The number of aromatic nitrogens is 4. The normalized spacial score (nSPS) is 11.5. The zero-order valence-corrected chi connectivity index (χ0v) is 58.9. The van der Waals surface area contributed by atoms with Gasteiger partial charge in [0, 0.05) is 65.8 Å². The van der Waals surface area contributed by atoms with E-state index in [1.54, 1.807) is 0 Å². The Labute approximate surface area is 625 Å². The molecular formula is C103H67N5. The molecule has 0 amide bonds. The predicted octanol–water partition coefficient (Wildman–Crippen LogP) is 27.3. The molecule has 17 aromatic carbocycles. The predicted molar refractivity (Wildman–Crippen MR) is 453 cm³/mol. The minimum Gasteiger partial charge on any atom is -0.309 e. The van der Waals surface area contributed by atoms with Crippen LogP contribution in [-0.4, -0.2) is 18.3 Å². The average molecular weight is 1370 g/mol. The van der Waals surface area contributed by atoms with Crippen LogP contribution in [0.5, 0.6) is 0 Å². The van der Waals surface area contributed by atoms with Crippen molar-refractivity contribution < 1.29 is 0 Å². The summed E-state index contributed by atoms with van der Waals surface area (Å²) in [6.07, 6.45) is 0. The van der Waals surface area contributed by atoms with Gasteiger partial charge in [-0.25, -0.2) is 0 Å². The van der Waals surface area contributed by atoms with Gasteiger partial charge < -0.3 is 18.3 Å². The Bertz CT molecular complexity index is 7040. The van der Waals surface area contributed by atoms with E-state index in [1.165, 1.54) is 160 Å². The number of fused-ring (bicyclic) bond motifs is 12. The van der Waals surface area contributed by atoms with Crippen LogP contribution >= 0.6 is 0 Å². The highest BCUT2D eigenvalue weighted by atomic mass is 15.0. The molecule has 0 N–H and O–H groups in total. The quantitative estimate of drug-likeness (QED) is 0.127. The van der Waals surface area contributed by atoms with Crippen molar-refractivity contribution in [2.75, 3.05) is 0 Å². The first kappa shape index (κ1) is 63.1. The Morgan fingerprint density at radius 2 is 0.361 bits per heavy atom. The lowest BCUT2D eigenvalue weighted by atomic mass is 9.98. The molecule has 0 aliphatic rings. The molecule has 21 rings (SSSR count). The first-order valence-electron chi connectivity index (χ1n) is 36.8. The first-order valence-corrected chi connectivity index (χ1v) is 36.8. The molecule has 21 aromatic rings. The number of nitrogens with zero attached hydrogens (tertiary/aromatic N) is 5. The van der Waals surface area contributed by atoms with Crippen LogP contribution in [0.1, 0.15) is 5.56 Å². The third kappa shape index (κ3) is 11.1. The van der Waals surface area contributed by atoms with Crippen LogP contribution in [0, 0.1) is 11.3 Å². The zero-order chi connectivity index (χ0) is 71.6. The summed E-state index contributed by atoms with van der Waals surface area (Å²) in [5.41, 5.74) is 31.6. The number of benzene rings is 17. The minimum absolute atomic E-state index is 0.669. The summed E-state index contributed by atoms with van der Waals surface area (Å²) in [5.74, 6) is 0. The van der Waals surface area contributed by atoms with Crippen molar-refractivity contribution in [3.63, 3.8) is 0 Å². The van der Waals surface area contributed by atoms with Gasteiger partial charge in [-0.05, 0) is 211 Å². The van der Waals surface area contributed by atoms with Crippen LogP contribution in [-0.2, 0) is 0 Å². The molecule has 5 nitrogen and oxygen atoms in total. The molecule has 0 atom stereocenters. The van der Waals surface area contributed by atoms with Gasteiger partial charge in [0.2, 0.25) is 0 Å². The Morgan fingerprint density at radius 3 is 0.704 bits per heavy atom. The zero-order valence-electron chi connectivity index (χ0n) is 58.9. The van der Waals surface area contributed by atoms with Gasteiger partial charge in [0.25, 0.3) is 0 Å². The summed E-state index contributed by atoms with van der Waals surface area (Å²) in [7, 11) is 0. The molecule has 5 heteroatoms. The molecule has 0 saturated heterocycles. The number of hydrogen-bond donors (Lipinski definition) is 0. The maximum Gasteiger partial charge on any atom is 0.0991 e. The van der Waals surface area contributed by atoms with Gasteiger partial charge in [0.1, 0.15) is 0 Å². The SMILES string of the molecule is N#Cc1ccc(-c2ccc(-n3c4ccccc4c4cc(-c5ccc(-c6ccc7c(c6)c6ccccc6n7-c6ccccc6)cc5)ccc43)cc2)cc1.c1ccc(-c2ccc(-n3c4ccccc4c4cc(-c5ccc(-c6ccc7c(c6)c6ccccc6n7-c6cccc(-c7ccccc7)c6)cc5)ccc43)cc2)cc1. The largest absolute Gasteiger partial charge is 0.309 e. The molecular weight excluding hydrogens is 1310 g/mol. The van der Waals surface area contributed by atoms with Crippen molar-refractivity contribution in [1.29, 1.82) is 5.26 Å². The van der Waals surface area contributed by atoms with Gasteiger partial charge >= 0.3 is 0 Å². The fourth-order valence-electron chi connectivity index (χ4n) is 16.4. The lowest BCUT2D eigenvalue weighted by molar-refractivity contribution is 1.18.